The topological polar surface area (TPSA) is 85.7 Å². The first-order valence-electron chi connectivity index (χ1n) is 14.3. The van der Waals surface area contributed by atoms with Crippen LogP contribution in [0.25, 0.3) is 11.3 Å². The normalized spacial score (nSPS) is 15.3. The minimum Gasteiger partial charge on any atom is -0.351 e. The molecule has 4 aromatic rings. The third-order valence-corrected chi connectivity index (χ3v) is 8.11. The summed E-state index contributed by atoms with van der Waals surface area (Å²) in [6, 6.07) is 21.5. The van der Waals surface area contributed by atoms with Crippen molar-refractivity contribution in [1.82, 2.24) is 25.1 Å². The van der Waals surface area contributed by atoms with Gasteiger partial charge in [-0.2, -0.15) is 0 Å². The van der Waals surface area contributed by atoms with Crippen LogP contribution in [-0.2, 0) is 6.54 Å². The molecule has 8 nitrogen and oxygen atoms in total. The third kappa shape index (κ3) is 6.21. The Hall–Kier alpha value is -4.11. The summed E-state index contributed by atoms with van der Waals surface area (Å²) < 4.78 is 0. The van der Waals surface area contributed by atoms with Crippen LogP contribution in [0.3, 0.4) is 0 Å². The van der Waals surface area contributed by atoms with E-state index in [0.717, 1.165) is 77.6 Å². The molecular formula is C33H34ClN7O. The molecule has 0 atom stereocenters. The fraction of sp³-hybridized carbons (Fsp3) is 0.273. The van der Waals surface area contributed by atoms with Gasteiger partial charge in [-0.05, 0) is 55.9 Å². The van der Waals surface area contributed by atoms with Gasteiger partial charge >= 0.3 is 0 Å². The van der Waals surface area contributed by atoms with Crippen molar-refractivity contribution in [2.75, 3.05) is 51.6 Å². The van der Waals surface area contributed by atoms with E-state index in [1.54, 1.807) is 0 Å². The first kappa shape index (κ1) is 28.0. The molecule has 3 heterocycles. The first-order chi connectivity index (χ1) is 20.4. The SMILES string of the molecule is Cc1ccccc1C1=NCc2cnc(Nc3ccc(C(=O)NCCN4CCN(C)CC4)cc3)nc2-c2ccc(Cl)cc21. The molecule has 0 saturated carbocycles. The van der Waals surface area contributed by atoms with E-state index in [1.807, 2.05) is 60.8 Å². The van der Waals surface area contributed by atoms with Gasteiger partial charge in [-0.1, -0.05) is 41.9 Å². The Kier molecular flexibility index (Phi) is 8.28. The highest BCUT2D eigenvalue weighted by molar-refractivity contribution is 6.31. The number of carbonyl (C=O) groups is 1. The van der Waals surface area contributed by atoms with E-state index < -0.39 is 0 Å². The van der Waals surface area contributed by atoms with E-state index >= 15 is 0 Å². The molecule has 1 aromatic heterocycles. The predicted octanol–water partition coefficient (Wildman–Crippen LogP) is 5.18. The van der Waals surface area contributed by atoms with Gasteiger partial charge in [-0.25, -0.2) is 9.97 Å². The zero-order chi connectivity index (χ0) is 29.1. The second-order valence-corrected chi connectivity index (χ2v) is 11.3. The van der Waals surface area contributed by atoms with Crippen molar-refractivity contribution in [3.63, 3.8) is 0 Å². The number of aromatic nitrogens is 2. The number of nitrogens with zero attached hydrogens (tertiary/aromatic N) is 5. The van der Waals surface area contributed by atoms with Crippen molar-refractivity contribution in [3.8, 4) is 11.3 Å². The Morgan fingerprint density at radius 2 is 1.74 bits per heavy atom. The monoisotopic (exact) mass is 579 g/mol. The number of halogens is 1. The van der Waals surface area contributed by atoms with Gasteiger partial charge in [0.15, 0.2) is 0 Å². The van der Waals surface area contributed by atoms with E-state index in [-0.39, 0.29) is 5.91 Å². The molecule has 9 heteroatoms. The smallest absolute Gasteiger partial charge is 0.251 e. The van der Waals surface area contributed by atoms with Crippen LogP contribution in [0, 0.1) is 6.92 Å². The second kappa shape index (κ2) is 12.4. The number of rotatable bonds is 7. The van der Waals surface area contributed by atoms with Crippen molar-refractivity contribution in [3.05, 3.63) is 106 Å². The quantitative estimate of drug-likeness (QED) is 0.314. The summed E-state index contributed by atoms with van der Waals surface area (Å²) in [6.07, 6.45) is 1.83. The molecule has 214 valence electrons. The van der Waals surface area contributed by atoms with Crippen LogP contribution < -0.4 is 10.6 Å². The third-order valence-electron chi connectivity index (χ3n) is 7.88. The molecule has 6 rings (SSSR count). The lowest BCUT2D eigenvalue weighted by Gasteiger charge is -2.32. The number of anilines is 2. The molecule has 0 radical (unpaired) electrons. The fourth-order valence-electron chi connectivity index (χ4n) is 5.39. The van der Waals surface area contributed by atoms with Crippen LogP contribution in [0.4, 0.5) is 11.6 Å². The molecule has 0 aliphatic carbocycles. The molecule has 0 bridgehead atoms. The molecule has 1 amide bonds. The lowest BCUT2D eigenvalue weighted by atomic mass is 9.93. The molecular weight excluding hydrogens is 546 g/mol. The number of benzene rings is 3. The summed E-state index contributed by atoms with van der Waals surface area (Å²) >= 11 is 6.46. The molecule has 2 aliphatic rings. The number of fused-ring (bicyclic) bond motifs is 3. The molecule has 3 aromatic carbocycles. The second-order valence-electron chi connectivity index (χ2n) is 10.8. The maximum Gasteiger partial charge on any atom is 0.251 e. The van der Waals surface area contributed by atoms with Gasteiger partial charge in [0.2, 0.25) is 5.95 Å². The van der Waals surface area contributed by atoms with Crippen molar-refractivity contribution < 1.29 is 4.79 Å². The number of carbonyl (C=O) groups excluding carboxylic acids is 1. The van der Waals surface area contributed by atoms with Crippen LogP contribution in [-0.4, -0.2) is 77.7 Å². The largest absolute Gasteiger partial charge is 0.351 e. The van der Waals surface area contributed by atoms with Crippen LogP contribution in [0.15, 0.2) is 77.9 Å². The summed E-state index contributed by atoms with van der Waals surface area (Å²) in [7, 11) is 2.14. The van der Waals surface area contributed by atoms with E-state index in [0.29, 0.717) is 29.6 Å². The Balaban J connectivity index is 1.16. The number of aliphatic imine (C=N–C) groups is 1. The average molecular weight is 580 g/mol. The zero-order valence-corrected chi connectivity index (χ0v) is 24.7. The van der Waals surface area contributed by atoms with Crippen LogP contribution >= 0.6 is 11.6 Å². The number of likely N-dealkylation sites (N-methyl/N-ethyl adjacent to an activating group) is 1. The molecule has 2 aliphatic heterocycles. The highest BCUT2D eigenvalue weighted by Gasteiger charge is 2.22. The molecule has 2 N–H and O–H groups in total. The molecule has 0 spiro atoms. The van der Waals surface area contributed by atoms with Crippen molar-refractivity contribution in [2.45, 2.75) is 13.5 Å². The zero-order valence-electron chi connectivity index (χ0n) is 23.9. The van der Waals surface area contributed by atoms with Gasteiger partial charge < -0.3 is 15.5 Å². The number of nitrogens with one attached hydrogen (secondary N) is 2. The Labute approximate surface area is 251 Å². The Bertz CT molecular complexity index is 1630. The number of hydrogen-bond acceptors (Lipinski definition) is 7. The van der Waals surface area contributed by atoms with Crippen molar-refractivity contribution in [1.29, 1.82) is 0 Å². The van der Waals surface area contributed by atoms with Gasteiger partial charge in [-0.15, -0.1) is 0 Å². The maximum absolute atomic E-state index is 12.7. The highest BCUT2D eigenvalue weighted by Crippen LogP contribution is 2.34. The van der Waals surface area contributed by atoms with Gasteiger partial charge in [0.1, 0.15) is 0 Å². The van der Waals surface area contributed by atoms with Gasteiger partial charge in [0, 0.05) is 84.0 Å². The van der Waals surface area contributed by atoms with Crippen LogP contribution in [0.1, 0.15) is 32.6 Å². The molecule has 0 unspecified atom stereocenters. The summed E-state index contributed by atoms with van der Waals surface area (Å²) in [5, 5.41) is 6.98. The molecule has 1 saturated heterocycles. The van der Waals surface area contributed by atoms with Crippen LogP contribution in [0.2, 0.25) is 5.02 Å². The van der Waals surface area contributed by atoms with Crippen molar-refractivity contribution in [2.24, 2.45) is 4.99 Å². The van der Waals surface area contributed by atoms with E-state index in [1.165, 1.54) is 0 Å². The number of hydrogen-bond donors (Lipinski definition) is 2. The predicted molar refractivity (Wildman–Crippen MR) is 169 cm³/mol. The van der Waals surface area contributed by atoms with E-state index in [4.69, 9.17) is 21.6 Å². The van der Waals surface area contributed by atoms with Gasteiger partial charge in [0.05, 0.1) is 18.0 Å². The molecule has 42 heavy (non-hydrogen) atoms. The number of piperazine rings is 1. The van der Waals surface area contributed by atoms with E-state index in [2.05, 4.69) is 51.5 Å². The average Bonchev–Trinajstić information content (AvgIpc) is 3.15. The summed E-state index contributed by atoms with van der Waals surface area (Å²) in [5.41, 5.74) is 8.21. The standard InChI is InChI=1S/C33H34ClN7O/c1-22-5-3-4-6-27(22)31-29-19-25(34)9-12-28(29)30-24(20-36-31)21-37-33(39-30)38-26-10-7-23(8-11-26)32(42)35-13-14-41-17-15-40(2)16-18-41/h3-12,19,21H,13-18,20H2,1-2H3,(H,35,42)(H,37,38,39). The van der Waals surface area contributed by atoms with Gasteiger partial charge in [0.25, 0.3) is 5.91 Å². The lowest BCUT2D eigenvalue weighted by Crippen LogP contribution is -2.46. The summed E-state index contributed by atoms with van der Waals surface area (Å²) in [6.45, 7) is 8.26. The Morgan fingerprint density at radius 1 is 0.952 bits per heavy atom. The fourth-order valence-corrected chi connectivity index (χ4v) is 5.56. The number of amides is 1. The minimum absolute atomic E-state index is 0.0725. The summed E-state index contributed by atoms with van der Waals surface area (Å²) in [4.78, 5) is 31.9. The van der Waals surface area contributed by atoms with Crippen LogP contribution in [0.5, 0.6) is 0 Å². The molecule has 1 fully saturated rings. The van der Waals surface area contributed by atoms with E-state index in [9.17, 15) is 4.79 Å². The Morgan fingerprint density at radius 3 is 2.52 bits per heavy atom. The highest BCUT2D eigenvalue weighted by atomic mass is 35.5. The maximum atomic E-state index is 12.7. The van der Waals surface area contributed by atoms with Gasteiger partial charge in [-0.3, -0.25) is 14.7 Å². The minimum atomic E-state index is -0.0725. The summed E-state index contributed by atoms with van der Waals surface area (Å²) in [5.74, 6) is 0.398. The number of aryl methyl sites for hydroxylation is 1. The van der Waals surface area contributed by atoms with Crippen molar-refractivity contribution >= 4 is 34.9 Å². The first-order valence-corrected chi connectivity index (χ1v) is 14.7. The lowest BCUT2D eigenvalue weighted by molar-refractivity contribution is 0.0941.